The summed E-state index contributed by atoms with van der Waals surface area (Å²) in [7, 11) is 0. The molecule has 0 aliphatic carbocycles. The maximum Gasteiger partial charge on any atom is 0.251 e. The van der Waals surface area contributed by atoms with E-state index in [-0.39, 0.29) is 17.4 Å². The summed E-state index contributed by atoms with van der Waals surface area (Å²) in [6.45, 7) is 5.80. The van der Waals surface area contributed by atoms with E-state index in [4.69, 9.17) is 11.6 Å². The van der Waals surface area contributed by atoms with Crippen LogP contribution in [0.3, 0.4) is 0 Å². The molecule has 2 bridgehead atoms. The van der Waals surface area contributed by atoms with Gasteiger partial charge in [-0.1, -0.05) is 17.7 Å². The minimum Gasteiger partial charge on any atom is -0.342 e. The van der Waals surface area contributed by atoms with E-state index in [0.29, 0.717) is 24.0 Å². The summed E-state index contributed by atoms with van der Waals surface area (Å²) in [5.74, 6) is 0.725. The molecule has 1 aromatic carbocycles. The molecule has 25 heavy (non-hydrogen) atoms. The first kappa shape index (κ1) is 16.4. The third-order valence-electron chi connectivity index (χ3n) is 5.50. The van der Waals surface area contributed by atoms with Crippen molar-refractivity contribution in [1.29, 1.82) is 0 Å². The maximum absolute atomic E-state index is 12.7. The second kappa shape index (κ2) is 6.03. The molecule has 3 heterocycles. The normalized spacial score (nSPS) is 21.8. The zero-order valence-electron chi connectivity index (χ0n) is 14.5. The van der Waals surface area contributed by atoms with Crippen molar-refractivity contribution >= 4 is 17.5 Å². The van der Waals surface area contributed by atoms with Crippen LogP contribution in [0.2, 0.25) is 5.02 Å². The molecular weight excluding hydrogens is 336 g/mol. The van der Waals surface area contributed by atoms with Crippen LogP contribution in [0.5, 0.6) is 0 Å². The van der Waals surface area contributed by atoms with Gasteiger partial charge in [0.15, 0.2) is 0 Å². The molecule has 1 aromatic heterocycles. The summed E-state index contributed by atoms with van der Waals surface area (Å²) >= 11 is 6.06. The van der Waals surface area contributed by atoms with Crippen LogP contribution in [-0.2, 0) is 11.3 Å². The van der Waals surface area contributed by atoms with Gasteiger partial charge in [-0.3, -0.25) is 9.59 Å². The number of hydrogen-bond acceptors (Lipinski definition) is 2. The van der Waals surface area contributed by atoms with Gasteiger partial charge in [0.05, 0.1) is 0 Å². The smallest absolute Gasteiger partial charge is 0.251 e. The molecule has 1 amide bonds. The Bertz CT molecular complexity index is 918. The molecule has 0 N–H and O–H groups in total. The average molecular weight is 357 g/mol. The molecule has 0 unspecified atom stereocenters. The molecule has 0 spiro atoms. The van der Waals surface area contributed by atoms with Crippen LogP contribution in [0.25, 0.3) is 11.1 Å². The molecule has 4 rings (SSSR count). The highest BCUT2D eigenvalue weighted by atomic mass is 35.5. The lowest BCUT2D eigenvalue weighted by atomic mass is 9.82. The second-order valence-corrected chi connectivity index (χ2v) is 7.74. The molecule has 2 aliphatic rings. The van der Waals surface area contributed by atoms with Crippen LogP contribution in [-0.4, -0.2) is 28.5 Å². The number of carbonyl (C=O) groups is 1. The third-order valence-corrected chi connectivity index (χ3v) is 5.74. The fraction of sp³-hybridized carbons (Fsp3) is 0.400. The van der Waals surface area contributed by atoms with E-state index >= 15 is 0 Å². The minimum atomic E-state index is 0.0489. The zero-order chi connectivity index (χ0) is 17.7. The average Bonchev–Trinajstić information content (AvgIpc) is 2.55. The Morgan fingerprint density at radius 1 is 1.16 bits per heavy atom. The van der Waals surface area contributed by atoms with Crippen molar-refractivity contribution in [2.45, 2.75) is 32.7 Å². The number of nitrogens with zero attached hydrogens (tertiary/aromatic N) is 2. The topological polar surface area (TPSA) is 42.3 Å². The van der Waals surface area contributed by atoms with Gasteiger partial charge in [0, 0.05) is 49.3 Å². The van der Waals surface area contributed by atoms with Crippen molar-refractivity contribution in [3.8, 4) is 11.1 Å². The van der Waals surface area contributed by atoms with Crippen molar-refractivity contribution in [1.82, 2.24) is 9.47 Å². The number of aryl methyl sites for hydroxylation is 1. The van der Waals surface area contributed by atoms with Gasteiger partial charge in [0.25, 0.3) is 5.56 Å². The van der Waals surface area contributed by atoms with Crippen LogP contribution in [0.1, 0.15) is 30.5 Å². The maximum atomic E-state index is 12.7. The van der Waals surface area contributed by atoms with Crippen LogP contribution in [0.4, 0.5) is 0 Å². The SMILES string of the molecule is CC(=O)N1C[C@@H]2C[C@H](C1)c1cc(-c3ccc(Cl)cc3C)cc(=O)n1C2. The molecule has 2 atom stereocenters. The number of halogens is 1. The highest BCUT2D eigenvalue weighted by molar-refractivity contribution is 6.30. The number of carbonyl (C=O) groups excluding carboxylic acids is 1. The Balaban J connectivity index is 1.80. The molecule has 1 saturated heterocycles. The number of pyridine rings is 1. The molecule has 0 radical (unpaired) electrons. The molecule has 5 heteroatoms. The van der Waals surface area contributed by atoms with Gasteiger partial charge in [-0.2, -0.15) is 0 Å². The van der Waals surface area contributed by atoms with Gasteiger partial charge in [-0.05, 0) is 54.2 Å². The third kappa shape index (κ3) is 2.89. The molecule has 0 saturated carbocycles. The van der Waals surface area contributed by atoms with E-state index in [1.165, 1.54) is 0 Å². The summed E-state index contributed by atoms with van der Waals surface area (Å²) in [5.41, 5.74) is 4.13. The predicted molar refractivity (Wildman–Crippen MR) is 99.0 cm³/mol. The number of rotatable bonds is 1. The fourth-order valence-corrected chi connectivity index (χ4v) is 4.55. The summed E-state index contributed by atoms with van der Waals surface area (Å²) in [6.07, 6.45) is 1.05. The number of aromatic nitrogens is 1. The van der Waals surface area contributed by atoms with Crippen LogP contribution < -0.4 is 5.56 Å². The predicted octanol–water partition coefficient (Wildman–Crippen LogP) is 3.44. The van der Waals surface area contributed by atoms with Crippen molar-refractivity contribution in [3.05, 3.63) is 57.0 Å². The first-order valence-electron chi connectivity index (χ1n) is 8.69. The Morgan fingerprint density at radius 3 is 2.68 bits per heavy atom. The zero-order valence-corrected chi connectivity index (χ0v) is 15.2. The Labute approximate surface area is 152 Å². The lowest BCUT2D eigenvalue weighted by molar-refractivity contribution is -0.131. The van der Waals surface area contributed by atoms with Crippen LogP contribution in [0, 0.1) is 12.8 Å². The minimum absolute atomic E-state index is 0.0489. The van der Waals surface area contributed by atoms with E-state index < -0.39 is 0 Å². The van der Waals surface area contributed by atoms with Gasteiger partial charge in [-0.25, -0.2) is 0 Å². The van der Waals surface area contributed by atoms with Gasteiger partial charge in [0.1, 0.15) is 0 Å². The lowest BCUT2D eigenvalue weighted by Gasteiger charge is -2.42. The highest BCUT2D eigenvalue weighted by Crippen LogP contribution is 2.37. The lowest BCUT2D eigenvalue weighted by Crippen LogP contribution is -2.48. The fourth-order valence-electron chi connectivity index (χ4n) is 4.32. The number of benzene rings is 1. The Hall–Kier alpha value is -2.07. The highest BCUT2D eigenvalue weighted by Gasteiger charge is 2.35. The summed E-state index contributed by atoms with van der Waals surface area (Å²) < 4.78 is 1.91. The number of hydrogen-bond donors (Lipinski definition) is 0. The van der Waals surface area contributed by atoms with E-state index in [9.17, 15) is 9.59 Å². The summed E-state index contributed by atoms with van der Waals surface area (Å²) in [6, 6.07) is 9.60. The molecule has 1 fully saturated rings. The molecule has 4 nitrogen and oxygen atoms in total. The largest absolute Gasteiger partial charge is 0.342 e. The van der Waals surface area contributed by atoms with Crippen molar-refractivity contribution in [3.63, 3.8) is 0 Å². The monoisotopic (exact) mass is 356 g/mol. The molecule has 2 aliphatic heterocycles. The van der Waals surface area contributed by atoms with E-state index in [0.717, 1.165) is 35.3 Å². The van der Waals surface area contributed by atoms with E-state index in [1.54, 1.807) is 13.0 Å². The molecular formula is C20H21ClN2O2. The van der Waals surface area contributed by atoms with Crippen molar-refractivity contribution in [2.75, 3.05) is 13.1 Å². The van der Waals surface area contributed by atoms with Crippen LogP contribution in [0.15, 0.2) is 35.1 Å². The van der Waals surface area contributed by atoms with Gasteiger partial charge >= 0.3 is 0 Å². The van der Waals surface area contributed by atoms with Crippen LogP contribution >= 0.6 is 11.6 Å². The van der Waals surface area contributed by atoms with Crippen molar-refractivity contribution in [2.24, 2.45) is 5.92 Å². The number of likely N-dealkylation sites (tertiary alicyclic amines) is 1. The second-order valence-electron chi connectivity index (χ2n) is 7.30. The first-order valence-corrected chi connectivity index (χ1v) is 9.07. The molecule has 130 valence electrons. The standard InChI is InChI=1S/C20H21ClN2O2/c1-12-5-17(21)3-4-18(12)15-7-19-16-6-14(9-22(11-16)13(2)24)10-23(19)20(25)8-15/h3-5,7-8,14,16H,6,9-11H2,1-2H3/t14-,16+/m0/s1. The summed E-state index contributed by atoms with van der Waals surface area (Å²) in [5, 5.41) is 0.697. The van der Waals surface area contributed by atoms with E-state index in [1.807, 2.05) is 34.6 Å². The first-order chi connectivity index (χ1) is 11.9. The van der Waals surface area contributed by atoms with Gasteiger partial charge < -0.3 is 9.47 Å². The number of amides is 1. The Morgan fingerprint density at radius 2 is 1.96 bits per heavy atom. The van der Waals surface area contributed by atoms with Crippen molar-refractivity contribution < 1.29 is 4.79 Å². The van der Waals surface area contributed by atoms with E-state index in [2.05, 4.69) is 6.07 Å². The number of piperidine rings is 1. The van der Waals surface area contributed by atoms with Gasteiger partial charge in [0.2, 0.25) is 5.91 Å². The Kier molecular flexibility index (Phi) is 3.95. The number of fused-ring (bicyclic) bond motifs is 4. The summed E-state index contributed by atoms with van der Waals surface area (Å²) in [4.78, 5) is 26.5. The van der Waals surface area contributed by atoms with Gasteiger partial charge in [-0.15, -0.1) is 0 Å². The quantitative estimate of drug-likeness (QED) is 0.785. The molecule has 2 aromatic rings.